The molecule has 1 saturated heterocycles. The fourth-order valence-corrected chi connectivity index (χ4v) is 6.93. The number of amides is 1. The number of unbranched alkanes of at least 4 members (excludes halogenated alkanes) is 1. The van der Waals surface area contributed by atoms with Gasteiger partial charge in [0.05, 0.1) is 20.3 Å². The van der Waals surface area contributed by atoms with E-state index in [9.17, 15) is 9.90 Å². The molecule has 49 heavy (non-hydrogen) atoms. The van der Waals surface area contributed by atoms with E-state index >= 15 is 0 Å². The zero-order chi connectivity index (χ0) is 34.2. The Morgan fingerprint density at radius 1 is 0.918 bits per heavy atom. The van der Waals surface area contributed by atoms with Gasteiger partial charge in [0, 0.05) is 82.3 Å². The number of β-amino-alcohol motifs (C(OH)–C–C–N with tert-alkyl or cyclic N) is 1. The lowest BCUT2D eigenvalue weighted by Crippen LogP contribution is -2.56. The Balaban J connectivity index is 1.27. The predicted molar refractivity (Wildman–Crippen MR) is 190 cm³/mol. The third-order valence-electron chi connectivity index (χ3n) is 9.63. The number of hydrogen-bond acceptors (Lipinski definition) is 9. The van der Waals surface area contributed by atoms with Crippen LogP contribution >= 0.6 is 0 Å². The largest absolute Gasteiger partial charge is 0.497 e. The summed E-state index contributed by atoms with van der Waals surface area (Å²) in [6.45, 7) is 4.36. The predicted octanol–water partition coefficient (Wildman–Crippen LogP) is 5.23. The average Bonchev–Trinajstić information content (AvgIpc) is 3.15. The van der Waals surface area contributed by atoms with Crippen LogP contribution in [-0.2, 0) is 24.2 Å². The fraction of sp³-hybridized carbons (Fsp3) is 0.410. The molecule has 258 valence electrons. The maximum absolute atomic E-state index is 14.2. The van der Waals surface area contributed by atoms with Gasteiger partial charge >= 0.3 is 0 Å². The molecule has 1 aromatic heterocycles. The van der Waals surface area contributed by atoms with E-state index in [1.807, 2.05) is 48.5 Å². The first-order valence-corrected chi connectivity index (χ1v) is 17.1. The zero-order valence-corrected chi connectivity index (χ0v) is 28.8. The summed E-state index contributed by atoms with van der Waals surface area (Å²) < 4.78 is 16.5. The van der Waals surface area contributed by atoms with Gasteiger partial charge in [-0.3, -0.25) is 9.69 Å². The Labute approximate surface area is 289 Å². The van der Waals surface area contributed by atoms with Gasteiger partial charge in [-0.25, -0.2) is 9.97 Å². The number of aliphatic hydroxyl groups is 1. The Kier molecular flexibility index (Phi) is 11.4. The highest BCUT2D eigenvalue weighted by Crippen LogP contribution is 2.30. The van der Waals surface area contributed by atoms with Gasteiger partial charge in [0.25, 0.3) is 5.91 Å². The van der Waals surface area contributed by atoms with Crippen LogP contribution in [-0.4, -0.2) is 97.0 Å². The highest BCUT2D eigenvalue weighted by molar-refractivity contribution is 5.93. The third kappa shape index (κ3) is 8.21. The minimum Gasteiger partial charge on any atom is -0.497 e. The standard InChI is InChI=1S/C39H47N5O5/c1-47-22-10-9-19-43(26-31-15-16-32(48-2)23-36(31)49-3)37-24-33(40-38(41-37)29-12-5-4-6-13-29)39(46)44-21-18-34(35(45)27-44)42-20-17-28-11-7-8-14-30(28)25-42/h4-8,11-16,23-24,34-35,45H,9-10,17-22,25-27H2,1-3H3/t34-,35-/m1/s1. The number of fused-ring (bicyclic) bond motifs is 1. The van der Waals surface area contributed by atoms with Crippen LogP contribution < -0.4 is 14.4 Å². The Bertz CT molecular complexity index is 1700. The topological polar surface area (TPSA) is 100 Å². The van der Waals surface area contributed by atoms with E-state index in [1.54, 1.807) is 32.3 Å². The summed E-state index contributed by atoms with van der Waals surface area (Å²) in [7, 11) is 4.99. The van der Waals surface area contributed by atoms with Crippen LogP contribution in [0.2, 0.25) is 0 Å². The summed E-state index contributed by atoms with van der Waals surface area (Å²) in [6.07, 6.45) is 2.75. The van der Waals surface area contributed by atoms with Crippen LogP contribution in [0, 0.1) is 0 Å². The van der Waals surface area contributed by atoms with E-state index in [0.717, 1.165) is 43.5 Å². The maximum Gasteiger partial charge on any atom is 0.272 e. The summed E-state index contributed by atoms with van der Waals surface area (Å²) in [5, 5.41) is 11.4. The molecule has 2 aliphatic heterocycles. The second-order valence-electron chi connectivity index (χ2n) is 12.8. The summed E-state index contributed by atoms with van der Waals surface area (Å²) in [6, 6.07) is 25.9. The zero-order valence-electron chi connectivity index (χ0n) is 28.8. The van der Waals surface area contributed by atoms with Crippen LogP contribution in [0.25, 0.3) is 11.4 Å². The summed E-state index contributed by atoms with van der Waals surface area (Å²) >= 11 is 0. The average molecular weight is 666 g/mol. The molecule has 0 radical (unpaired) electrons. The number of aromatic nitrogens is 2. The molecule has 2 aliphatic rings. The van der Waals surface area contributed by atoms with Crippen molar-refractivity contribution in [3.63, 3.8) is 0 Å². The van der Waals surface area contributed by atoms with Crippen LogP contribution in [0.4, 0.5) is 5.82 Å². The van der Waals surface area contributed by atoms with Gasteiger partial charge in [-0.05, 0) is 48.9 Å². The number of rotatable bonds is 13. The minimum absolute atomic E-state index is 0.000292. The molecule has 0 bridgehead atoms. The number of likely N-dealkylation sites (tertiary alicyclic amines) is 1. The number of carbonyl (C=O) groups is 1. The number of piperidine rings is 1. The van der Waals surface area contributed by atoms with Crippen LogP contribution in [0.15, 0.2) is 78.9 Å². The van der Waals surface area contributed by atoms with Gasteiger partial charge < -0.3 is 29.1 Å². The lowest BCUT2D eigenvalue weighted by molar-refractivity contribution is -0.0139. The van der Waals surface area contributed by atoms with Crippen molar-refractivity contribution >= 4 is 11.7 Å². The molecule has 6 rings (SSSR count). The normalized spacial score (nSPS) is 17.8. The minimum atomic E-state index is -0.655. The first-order valence-electron chi connectivity index (χ1n) is 17.1. The molecule has 3 aromatic carbocycles. The van der Waals surface area contributed by atoms with Crippen LogP contribution in [0.1, 0.15) is 46.4 Å². The van der Waals surface area contributed by atoms with Gasteiger partial charge in [-0.1, -0.05) is 54.6 Å². The highest BCUT2D eigenvalue weighted by atomic mass is 16.5. The van der Waals surface area contributed by atoms with Gasteiger partial charge in [-0.2, -0.15) is 0 Å². The van der Waals surface area contributed by atoms with Gasteiger partial charge in [0.1, 0.15) is 23.0 Å². The van der Waals surface area contributed by atoms with Crippen molar-refractivity contribution in [3.8, 4) is 22.9 Å². The molecule has 0 saturated carbocycles. The Morgan fingerprint density at radius 3 is 2.47 bits per heavy atom. The van der Waals surface area contributed by atoms with Crippen molar-refractivity contribution < 1.29 is 24.1 Å². The van der Waals surface area contributed by atoms with Gasteiger partial charge in [0.15, 0.2) is 5.82 Å². The molecule has 3 heterocycles. The number of carbonyl (C=O) groups excluding carboxylic acids is 1. The number of nitrogens with zero attached hydrogens (tertiary/aromatic N) is 5. The molecular formula is C39H47N5O5. The first kappa shape index (κ1) is 34.4. The second-order valence-corrected chi connectivity index (χ2v) is 12.8. The summed E-state index contributed by atoms with van der Waals surface area (Å²) in [5.74, 6) is 2.35. The van der Waals surface area contributed by atoms with Gasteiger partial charge in [0.2, 0.25) is 0 Å². The van der Waals surface area contributed by atoms with Crippen molar-refractivity contribution in [2.45, 2.75) is 50.9 Å². The molecule has 0 spiro atoms. The van der Waals surface area contributed by atoms with Crippen molar-refractivity contribution in [1.82, 2.24) is 19.8 Å². The smallest absolute Gasteiger partial charge is 0.272 e. The second kappa shape index (κ2) is 16.3. The number of anilines is 1. The molecule has 10 nitrogen and oxygen atoms in total. The first-order chi connectivity index (χ1) is 24.0. The number of methoxy groups -OCH3 is 3. The SMILES string of the molecule is COCCCCN(Cc1ccc(OC)cc1OC)c1cc(C(=O)N2CC[C@@H](N3CCc4ccccc4C3)[C@H](O)C2)nc(-c2ccccc2)n1. The van der Waals surface area contributed by atoms with Crippen LogP contribution in [0.3, 0.4) is 0 Å². The molecule has 0 unspecified atom stereocenters. The molecule has 4 aromatic rings. The van der Waals surface area contributed by atoms with E-state index in [1.165, 1.54) is 11.1 Å². The van der Waals surface area contributed by atoms with E-state index in [4.69, 9.17) is 24.2 Å². The van der Waals surface area contributed by atoms with E-state index in [2.05, 4.69) is 34.1 Å². The highest BCUT2D eigenvalue weighted by Gasteiger charge is 2.36. The summed E-state index contributed by atoms with van der Waals surface area (Å²) in [4.78, 5) is 30.3. The molecule has 2 atom stereocenters. The van der Waals surface area contributed by atoms with E-state index in [0.29, 0.717) is 61.5 Å². The Morgan fingerprint density at radius 2 is 1.71 bits per heavy atom. The fourth-order valence-electron chi connectivity index (χ4n) is 6.93. The number of hydrogen-bond donors (Lipinski definition) is 1. The molecule has 10 heteroatoms. The molecule has 0 aliphatic carbocycles. The van der Waals surface area contributed by atoms with E-state index in [-0.39, 0.29) is 18.5 Å². The Hall–Kier alpha value is -4.51. The van der Waals surface area contributed by atoms with Crippen molar-refractivity contribution in [2.75, 3.05) is 59.0 Å². The third-order valence-corrected chi connectivity index (χ3v) is 9.63. The number of aliphatic hydroxyl groups excluding tert-OH is 1. The number of benzene rings is 3. The molecule has 1 fully saturated rings. The summed E-state index contributed by atoms with van der Waals surface area (Å²) in [5.41, 5.74) is 4.80. The quantitative estimate of drug-likeness (QED) is 0.193. The monoisotopic (exact) mass is 665 g/mol. The molecule has 1 N–H and O–H groups in total. The lowest BCUT2D eigenvalue weighted by atomic mass is 9.94. The van der Waals surface area contributed by atoms with Crippen molar-refractivity contribution in [2.24, 2.45) is 0 Å². The van der Waals surface area contributed by atoms with Crippen molar-refractivity contribution in [3.05, 3.63) is 101 Å². The number of ether oxygens (including phenoxy) is 3. The molecular weight excluding hydrogens is 618 g/mol. The van der Waals surface area contributed by atoms with Gasteiger partial charge in [-0.15, -0.1) is 0 Å². The van der Waals surface area contributed by atoms with Crippen molar-refractivity contribution in [1.29, 1.82) is 0 Å². The lowest BCUT2D eigenvalue weighted by Gasteiger charge is -2.43. The van der Waals surface area contributed by atoms with Crippen LogP contribution in [0.5, 0.6) is 11.5 Å². The maximum atomic E-state index is 14.2. The van der Waals surface area contributed by atoms with E-state index < -0.39 is 6.10 Å². The molecule has 1 amide bonds.